The Morgan fingerprint density at radius 1 is 1.05 bits per heavy atom. The number of rotatable bonds is 5. The monoisotopic (exact) mass is 292 g/mol. The number of carboxylic acid groups (broad SMARTS) is 1. The van der Waals surface area contributed by atoms with Crippen LogP contribution >= 0.6 is 0 Å². The molecule has 1 heterocycles. The van der Waals surface area contributed by atoms with Crippen LogP contribution in [-0.2, 0) is 4.79 Å². The molecule has 1 atom stereocenters. The lowest BCUT2D eigenvalue weighted by Crippen LogP contribution is -2.27. The Bertz CT molecular complexity index is 785. The van der Waals surface area contributed by atoms with Crippen molar-refractivity contribution < 1.29 is 9.90 Å². The van der Waals surface area contributed by atoms with Gasteiger partial charge in [-0.05, 0) is 17.7 Å². The molecule has 0 aliphatic rings. The van der Waals surface area contributed by atoms with Crippen LogP contribution in [0.15, 0.2) is 60.9 Å². The third-order valence-corrected chi connectivity index (χ3v) is 3.43. The molecule has 0 amide bonds. The number of hydrogen-bond donors (Lipinski definition) is 1. The molecule has 0 aliphatic heterocycles. The standard InChI is InChI=1S/C17H15N3O2/c21-16(22)10-15(12-6-2-1-3-7-12)20-17-13-8-4-5-9-14(13)18-11-19-17/h1-9,11,15H,10H2,(H,21,22)(H,18,19,20)/p-1/t15-/m0/s1. The zero-order valence-electron chi connectivity index (χ0n) is 11.8. The second-order valence-corrected chi connectivity index (χ2v) is 4.92. The maximum absolute atomic E-state index is 11.1. The summed E-state index contributed by atoms with van der Waals surface area (Å²) in [5.74, 6) is -0.500. The lowest BCUT2D eigenvalue weighted by molar-refractivity contribution is -0.306. The lowest BCUT2D eigenvalue weighted by atomic mass is 10.0. The second kappa shape index (κ2) is 6.22. The van der Waals surface area contributed by atoms with Crippen LogP contribution < -0.4 is 10.4 Å². The number of anilines is 1. The fourth-order valence-electron chi connectivity index (χ4n) is 2.39. The number of carboxylic acids is 1. The molecule has 0 radical (unpaired) electrons. The molecule has 0 spiro atoms. The summed E-state index contributed by atoms with van der Waals surface area (Å²) in [4.78, 5) is 19.5. The molecule has 0 saturated heterocycles. The van der Waals surface area contributed by atoms with Crippen molar-refractivity contribution in [3.63, 3.8) is 0 Å². The fraction of sp³-hybridized carbons (Fsp3) is 0.118. The number of hydrogen-bond acceptors (Lipinski definition) is 5. The van der Waals surface area contributed by atoms with Crippen molar-refractivity contribution in [2.45, 2.75) is 12.5 Å². The first kappa shape index (κ1) is 14.0. The SMILES string of the molecule is O=C([O-])C[C@H](Nc1ncnc2ccccc12)c1ccccc1. The van der Waals surface area contributed by atoms with Crippen LogP contribution in [0.3, 0.4) is 0 Å². The highest BCUT2D eigenvalue weighted by Crippen LogP contribution is 2.25. The number of aliphatic carboxylic acids is 1. The molecule has 0 bridgehead atoms. The number of carbonyl (C=O) groups is 1. The van der Waals surface area contributed by atoms with Gasteiger partial charge in [-0.2, -0.15) is 0 Å². The third-order valence-electron chi connectivity index (χ3n) is 3.43. The minimum absolute atomic E-state index is 0.137. The molecule has 5 nitrogen and oxygen atoms in total. The van der Waals surface area contributed by atoms with Crippen LogP contribution in [0.1, 0.15) is 18.0 Å². The van der Waals surface area contributed by atoms with E-state index in [1.807, 2.05) is 54.6 Å². The Hall–Kier alpha value is -2.95. The summed E-state index contributed by atoms with van der Waals surface area (Å²) in [6, 6.07) is 16.6. The van der Waals surface area contributed by atoms with Gasteiger partial charge in [-0.15, -0.1) is 0 Å². The summed E-state index contributed by atoms with van der Waals surface area (Å²) in [6.07, 6.45) is 1.33. The summed E-state index contributed by atoms with van der Waals surface area (Å²) >= 11 is 0. The molecule has 110 valence electrons. The molecular weight excluding hydrogens is 278 g/mol. The van der Waals surface area contributed by atoms with Gasteiger partial charge in [0.25, 0.3) is 0 Å². The van der Waals surface area contributed by atoms with Crippen molar-refractivity contribution in [2.24, 2.45) is 0 Å². The molecule has 2 aromatic carbocycles. The molecule has 5 heteroatoms. The van der Waals surface area contributed by atoms with E-state index < -0.39 is 12.0 Å². The molecule has 0 saturated carbocycles. The van der Waals surface area contributed by atoms with Crippen LogP contribution in [0.25, 0.3) is 10.9 Å². The molecule has 22 heavy (non-hydrogen) atoms. The second-order valence-electron chi connectivity index (χ2n) is 4.92. The van der Waals surface area contributed by atoms with Crippen molar-refractivity contribution in [3.8, 4) is 0 Å². The Labute approximate surface area is 127 Å². The first-order valence-corrected chi connectivity index (χ1v) is 6.95. The van der Waals surface area contributed by atoms with Crippen molar-refractivity contribution in [1.82, 2.24) is 9.97 Å². The Kier molecular flexibility index (Phi) is 3.96. The molecule has 1 N–H and O–H groups in total. The van der Waals surface area contributed by atoms with Gasteiger partial charge in [-0.3, -0.25) is 0 Å². The predicted molar refractivity (Wildman–Crippen MR) is 82.0 cm³/mol. The molecule has 3 rings (SSSR count). The normalized spacial score (nSPS) is 12.0. The lowest BCUT2D eigenvalue weighted by Gasteiger charge is -2.21. The first-order chi connectivity index (χ1) is 10.7. The summed E-state index contributed by atoms with van der Waals surface area (Å²) in [7, 11) is 0. The number of nitrogens with one attached hydrogen (secondary N) is 1. The molecule has 1 aromatic heterocycles. The highest BCUT2D eigenvalue weighted by molar-refractivity contribution is 5.88. The van der Waals surface area contributed by atoms with Crippen LogP contribution in [-0.4, -0.2) is 15.9 Å². The maximum Gasteiger partial charge on any atom is 0.137 e. The van der Waals surface area contributed by atoms with E-state index in [0.29, 0.717) is 5.82 Å². The number of benzene rings is 2. The molecule has 0 aliphatic carbocycles. The van der Waals surface area contributed by atoms with Gasteiger partial charge in [0.1, 0.15) is 12.1 Å². The Morgan fingerprint density at radius 2 is 1.77 bits per heavy atom. The fourth-order valence-corrected chi connectivity index (χ4v) is 2.39. The number of fused-ring (bicyclic) bond motifs is 1. The average Bonchev–Trinajstić information content (AvgIpc) is 2.55. The van der Waals surface area contributed by atoms with E-state index >= 15 is 0 Å². The van der Waals surface area contributed by atoms with Gasteiger partial charge < -0.3 is 15.2 Å². The summed E-state index contributed by atoms with van der Waals surface area (Å²) in [6.45, 7) is 0. The van der Waals surface area contributed by atoms with Gasteiger partial charge in [-0.1, -0.05) is 42.5 Å². The van der Waals surface area contributed by atoms with Crippen molar-refractivity contribution in [3.05, 3.63) is 66.5 Å². The summed E-state index contributed by atoms with van der Waals surface area (Å²) < 4.78 is 0. The third kappa shape index (κ3) is 3.03. The number of carbonyl (C=O) groups excluding carboxylic acids is 1. The van der Waals surface area contributed by atoms with Gasteiger partial charge in [0.15, 0.2) is 0 Å². The van der Waals surface area contributed by atoms with E-state index in [1.165, 1.54) is 6.33 Å². The van der Waals surface area contributed by atoms with E-state index in [4.69, 9.17) is 0 Å². The summed E-state index contributed by atoms with van der Waals surface area (Å²) in [5.41, 5.74) is 1.68. The molecule has 3 aromatic rings. The van der Waals surface area contributed by atoms with E-state index in [2.05, 4.69) is 15.3 Å². The zero-order valence-corrected chi connectivity index (χ0v) is 11.8. The van der Waals surface area contributed by atoms with E-state index in [-0.39, 0.29) is 6.42 Å². The topological polar surface area (TPSA) is 77.9 Å². The maximum atomic E-state index is 11.1. The Morgan fingerprint density at radius 3 is 2.55 bits per heavy atom. The van der Waals surface area contributed by atoms with Crippen LogP contribution in [0.2, 0.25) is 0 Å². The van der Waals surface area contributed by atoms with Gasteiger partial charge in [0.05, 0.1) is 11.6 Å². The Balaban J connectivity index is 1.97. The van der Waals surface area contributed by atoms with E-state index in [1.54, 1.807) is 0 Å². The highest BCUT2D eigenvalue weighted by atomic mass is 16.4. The quantitative estimate of drug-likeness (QED) is 0.777. The van der Waals surface area contributed by atoms with E-state index in [9.17, 15) is 9.90 Å². The first-order valence-electron chi connectivity index (χ1n) is 6.95. The van der Waals surface area contributed by atoms with Crippen molar-refractivity contribution in [1.29, 1.82) is 0 Å². The van der Waals surface area contributed by atoms with Gasteiger partial charge in [-0.25, -0.2) is 9.97 Å². The highest BCUT2D eigenvalue weighted by Gasteiger charge is 2.14. The van der Waals surface area contributed by atoms with Crippen LogP contribution in [0, 0.1) is 0 Å². The van der Waals surface area contributed by atoms with Gasteiger partial charge >= 0.3 is 0 Å². The van der Waals surface area contributed by atoms with Crippen molar-refractivity contribution in [2.75, 3.05) is 5.32 Å². The smallest absolute Gasteiger partial charge is 0.137 e. The molecule has 0 unspecified atom stereocenters. The van der Waals surface area contributed by atoms with Gasteiger partial charge in [0.2, 0.25) is 0 Å². The largest absolute Gasteiger partial charge is 0.550 e. The number of nitrogens with zero attached hydrogens (tertiary/aromatic N) is 2. The minimum atomic E-state index is -1.11. The average molecular weight is 292 g/mol. The van der Waals surface area contributed by atoms with E-state index in [0.717, 1.165) is 16.5 Å². The minimum Gasteiger partial charge on any atom is -0.550 e. The predicted octanol–water partition coefficient (Wildman–Crippen LogP) is 1.92. The van der Waals surface area contributed by atoms with Crippen LogP contribution in [0.5, 0.6) is 0 Å². The van der Waals surface area contributed by atoms with Crippen LogP contribution in [0.4, 0.5) is 5.82 Å². The molecular formula is C17H14N3O2-. The van der Waals surface area contributed by atoms with Crippen molar-refractivity contribution >= 4 is 22.7 Å². The number of para-hydroxylation sites is 1. The van der Waals surface area contributed by atoms with Gasteiger partial charge in [0, 0.05) is 17.8 Å². The number of aromatic nitrogens is 2. The zero-order chi connectivity index (χ0) is 15.4. The molecule has 0 fully saturated rings. The summed E-state index contributed by atoms with van der Waals surface area (Å²) in [5, 5.41) is 15.1.